The minimum atomic E-state index is -4.55. The normalized spacial score (nSPS) is 11.5. The van der Waals surface area contributed by atoms with Crippen LogP contribution in [0.4, 0.5) is 13.2 Å². The van der Waals surface area contributed by atoms with Gasteiger partial charge >= 0.3 is 6.18 Å². The first kappa shape index (κ1) is 11.6. The molecule has 0 unspecified atom stereocenters. The zero-order valence-electron chi connectivity index (χ0n) is 7.84. The summed E-state index contributed by atoms with van der Waals surface area (Å²) < 4.78 is 41.8. The molecule has 0 aromatic carbocycles. The Kier molecular flexibility index (Phi) is 3.41. The highest BCUT2D eigenvalue weighted by atomic mass is 19.4. The summed E-state index contributed by atoms with van der Waals surface area (Å²) in [4.78, 5) is 14.7. The van der Waals surface area contributed by atoms with Crippen molar-refractivity contribution in [3.8, 4) is 0 Å². The number of methoxy groups -OCH3 is 1. The van der Waals surface area contributed by atoms with E-state index in [1.165, 1.54) is 7.11 Å². The highest BCUT2D eigenvalue weighted by molar-refractivity contribution is 5.98. The molecule has 0 bridgehead atoms. The average Bonchev–Trinajstić information content (AvgIpc) is 2.17. The molecule has 6 heteroatoms. The lowest BCUT2D eigenvalue weighted by Crippen LogP contribution is -2.16. The maximum atomic E-state index is 12.4. The number of alkyl halides is 3. The zero-order valence-corrected chi connectivity index (χ0v) is 7.84. The maximum Gasteiger partial charge on any atom is 0.417 e. The number of carbonyl (C=O) groups is 1. The van der Waals surface area contributed by atoms with Crippen LogP contribution in [0.25, 0.3) is 0 Å². The number of ether oxygens (including phenoxy) is 1. The minimum absolute atomic E-state index is 0.394. The van der Waals surface area contributed by atoms with Crippen molar-refractivity contribution in [2.75, 3.05) is 13.7 Å². The van der Waals surface area contributed by atoms with Gasteiger partial charge in [0.2, 0.25) is 0 Å². The number of hydrogen-bond donors (Lipinski definition) is 0. The van der Waals surface area contributed by atoms with E-state index in [0.717, 1.165) is 18.5 Å². The number of hydrogen-bond acceptors (Lipinski definition) is 3. The Hall–Kier alpha value is -1.43. The van der Waals surface area contributed by atoms with E-state index in [0.29, 0.717) is 0 Å². The number of nitrogens with zero attached hydrogens (tertiary/aromatic N) is 1. The van der Waals surface area contributed by atoms with Crippen molar-refractivity contribution in [2.24, 2.45) is 0 Å². The van der Waals surface area contributed by atoms with Gasteiger partial charge in [0.25, 0.3) is 0 Å². The molecule has 0 aliphatic rings. The highest BCUT2D eigenvalue weighted by Crippen LogP contribution is 2.31. The molecule has 0 atom stereocenters. The molecule has 0 aliphatic heterocycles. The molecule has 82 valence electrons. The number of aromatic nitrogens is 1. The van der Waals surface area contributed by atoms with Gasteiger partial charge in [-0.2, -0.15) is 13.2 Å². The lowest BCUT2D eigenvalue weighted by atomic mass is 10.1. The lowest BCUT2D eigenvalue weighted by Gasteiger charge is -2.10. The van der Waals surface area contributed by atoms with Crippen LogP contribution in [0.5, 0.6) is 0 Å². The summed E-state index contributed by atoms with van der Waals surface area (Å²) in [6, 6.07) is 0.767. The molecule has 15 heavy (non-hydrogen) atoms. The van der Waals surface area contributed by atoms with Gasteiger partial charge in [0.15, 0.2) is 5.78 Å². The summed E-state index contributed by atoms with van der Waals surface area (Å²) in [5.74, 6) is -0.738. The second-order valence-electron chi connectivity index (χ2n) is 2.78. The van der Waals surface area contributed by atoms with Gasteiger partial charge in [-0.15, -0.1) is 0 Å². The predicted molar refractivity (Wildman–Crippen MR) is 45.4 cm³/mol. The zero-order chi connectivity index (χ0) is 11.5. The van der Waals surface area contributed by atoms with E-state index >= 15 is 0 Å². The lowest BCUT2D eigenvalue weighted by molar-refractivity contribution is -0.138. The molecule has 0 radical (unpaired) electrons. The second-order valence-corrected chi connectivity index (χ2v) is 2.78. The van der Waals surface area contributed by atoms with E-state index in [1.807, 2.05) is 0 Å². The van der Waals surface area contributed by atoms with Gasteiger partial charge in [-0.25, -0.2) is 0 Å². The number of Topliss-reactive ketones (excluding diaryl/α,β-unsaturated/α-hetero) is 1. The largest absolute Gasteiger partial charge is 0.417 e. The van der Waals surface area contributed by atoms with Gasteiger partial charge in [0, 0.05) is 19.5 Å². The fourth-order valence-electron chi connectivity index (χ4n) is 1.07. The number of rotatable bonds is 3. The fourth-order valence-corrected chi connectivity index (χ4v) is 1.07. The van der Waals surface area contributed by atoms with Crippen LogP contribution in [0.1, 0.15) is 15.9 Å². The molecule has 0 saturated carbocycles. The summed E-state index contributed by atoms with van der Waals surface area (Å²) in [6.45, 7) is -0.394. The van der Waals surface area contributed by atoms with Gasteiger partial charge in [-0.05, 0) is 6.07 Å². The molecular weight excluding hydrogens is 211 g/mol. The van der Waals surface area contributed by atoms with Crippen LogP contribution in [-0.2, 0) is 10.9 Å². The Bertz CT molecular complexity index is 363. The first-order chi connectivity index (χ1) is 6.96. The molecule has 0 saturated heterocycles. The summed E-state index contributed by atoms with van der Waals surface area (Å²) in [6.07, 6.45) is -2.67. The number of pyridine rings is 1. The molecule has 0 spiro atoms. The molecule has 0 fully saturated rings. The molecule has 0 amide bonds. The van der Waals surface area contributed by atoms with Crippen molar-refractivity contribution in [2.45, 2.75) is 6.18 Å². The number of ketones is 1. The Morgan fingerprint density at radius 2 is 2.20 bits per heavy atom. The quantitative estimate of drug-likeness (QED) is 0.729. The topological polar surface area (TPSA) is 39.2 Å². The third kappa shape index (κ3) is 2.76. The van der Waals surface area contributed by atoms with Crippen molar-refractivity contribution in [1.82, 2.24) is 4.98 Å². The van der Waals surface area contributed by atoms with Crippen molar-refractivity contribution in [3.63, 3.8) is 0 Å². The van der Waals surface area contributed by atoms with Crippen LogP contribution < -0.4 is 0 Å². The van der Waals surface area contributed by atoms with Crippen LogP contribution >= 0.6 is 0 Å². The fraction of sp³-hybridized carbons (Fsp3) is 0.333. The van der Waals surface area contributed by atoms with E-state index in [4.69, 9.17) is 0 Å². The second kappa shape index (κ2) is 4.39. The number of carbonyl (C=O) groups excluding carboxylic acids is 1. The van der Waals surface area contributed by atoms with E-state index in [1.54, 1.807) is 0 Å². The third-order valence-corrected chi connectivity index (χ3v) is 1.70. The van der Waals surface area contributed by atoms with Gasteiger partial charge < -0.3 is 4.74 Å². The Morgan fingerprint density at radius 1 is 1.53 bits per heavy atom. The summed E-state index contributed by atoms with van der Waals surface area (Å²) in [5.41, 5.74) is -1.45. The third-order valence-electron chi connectivity index (χ3n) is 1.70. The highest BCUT2D eigenvalue weighted by Gasteiger charge is 2.34. The van der Waals surface area contributed by atoms with E-state index < -0.39 is 29.7 Å². The van der Waals surface area contributed by atoms with Crippen LogP contribution in [0, 0.1) is 0 Å². The summed E-state index contributed by atoms with van der Waals surface area (Å²) in [7, 11) is 1.24. The van der Waals surface area contributed by atoms with E-state index in [-0.39, 0.29) is 0 Å². The van der Waals surface area contributed by atoms with Crippen LogP contribution in [0.2, 0.25) is 0 Å². The monoisotopic (exact) mass is 219 g/mol. The summed E-state index contributed by atoms with van der Waals surface area (Å²) >= 11 is 0. The Morgan fingerprint density at radius 3 is 2.73 bits per heavy atom. The average molecular weight is 219 g/mol. The molecule has 0 N–H and O–H groups in total. The molecule has 0 aliphatic carbocycles. The van der Waals surface area contributed by atoms with Crippen molar-refractivity contribution in [3.05, 3.63) is 29.6 Å². The first-order valence-corrected chi connectivity index (χ1v) is 4.00. The Balaban J connectivity index is 3.12. The van der Waals surface area contributed by atoms with E-state index in [9.17, 15) is 18.0 Å². The maximum absolute atomic E-state index is 12.4. The first-order valence-electron chi connectivity index (χ1n) is 4.00. The van der Waals surface area contributed by atoms with E-state index in [2.05, 4.69) is 9.72 Å². The Labute approximate surface area is 83.9 Å². The van der Waals surface area contributed by atoms with Gasteiger partial charge in [0.05, 0.1) is 11.1 Å². The minimum Gasteiger partial charge on any atom is -0.377 e. The number of halogens is 3. The van der Waals surface area contributed by atoms with Gasteiger partial charge in [-0.1, -0.05) is 0 Å². The molecule has 1 rings (SSSR count). The van der Waals surface area contributed by atoms with Crippen LogP contribution in [0.3, 0.4) is 0 Å². The molecule has 1 heterocycles. The SMILES string of the molecule is COCC(=O)c1cnccc1C(F)(F)F. The molecule has 1 aromatic heterocycles. The van der Waals surface area contributed by atoms with Crippen LogP contribution in [0.15, 0.2) is 18.5 Å². The van der Waals surface area contributed by atoms with Crippen molar-refractivity contribution >= 4 is 5.78 Å². The smallest absolute Gasteiger partial charge is 0.377 e. The van der Waals surface area contributed by atoms with Crippen molar-refractivity contribution < 1.29 is 22.7 Å². The predicted octanol–water partition coefficient (Wildman–Crippen LogP) is 1.93. The molecule has 3 nitrogen and oxygen atoms in total. The summed E-state index contributed by atoms with van der Waals surface area (Å²) in [5, 5.41) is 0. The van der Waals surface area contributed by atoms with Crippen molar-refractivity contribution in [1.29, 1.82) is 0 Å². The van der Waals surface area contributed by atoms with Gasteiger partial charge in [0.1, 0.15) is 6.61 Å². The van der Waals surface area contributed by atoms with Crippen LogP contribution in [-0.4, -0.2) is 24.5 Å². The van der Waals surface area contributed by atoms with Gasteiger partial charge in [-0.3, -0.25) is 9.78 Å². The molecular formula is C9H8F3NO2. The molecule has 1 aromatic rings. The standard InChI is InChI=1S/C9H8F3NO2/c1-15-5-8(14)6-4-13-3-2-7(6)9(10,11)12/h2-4H,5H2,1H3.